The van der Waals surface area contributed by atoms with Gasteiger partial charge in [0.05, 0.1) is 11.1 Å². The van der Waals surface area contributed by atoms with Crippen molar-refractivity contribution in [3.05, 3.63) is 65.0 Å². The summed E-state index contributed by atoms with van der Waals surface area (Å²) in [6.07, 6.45) is -8.00. The molecule has 1 fully saturated rings. The molecule has 1 aromatic heterocycles. The molecule has 35 heavy (non-hydrogen) atoms. The van der Waals surface area contributed by atoms with Gasteiger partial charge >= 0.3 is 12.4 Å². The summed E-state index contributed by atoms with van der Waals surface area (Å²) >= 11 is 0. The number of aromatic nitrogens is 2. The monoisotopic (exact) mass is 499 g/mol. The Morgan fingerprint density at radius 1 is 1.09 bits per heavy atom. The molecule has 13 heteroatoms. The lowest BCUT2D eigenvalue weighted by Gasteiger charge is -2.21. The van der Waals surface area contributed by atoms with Gasteiger partial charge in [-0.3, -0.25) is 5.41 Å². The maximum Gasteiger partial charge on any atom is 0.417 e. The summed E-state index contributed by atoms with van der Waals surface area (Å²) in [4.78, 5) is 5.64. The first-order valence-electron chi connectivity index (χ1n) is 10.4. The maximum absolute atomic E-state index is 13.8. The first-order valence-corrected chi connectivity index (χ1v) is 10.4. The first-order chi connectivity index (χ1) is 16.4. The topological polar surface area (TPSA) is 101 Å². The normalized spacial score (nSPS) is 16.5. The molecule has 0 spiro atoms. The van der Waals surface area contributed by atoms with Crippen LogP contribution >= 0.6 is 0 Å². The van der Waals surface area contributed by atoms with Gasteiger partial charge in [-0.2, -0.15) is 31.3 Å². The highest BCUT2D eigenvalue weighted by molar-refractivity contribution is 5.75. The third-order valence-corrected chi connectivity index (χ3v) is 5.51. The molecule has 4 rings (SSSR count). The van der Waals surface area contributed by atoms with Crippen molar-refractivity contribution in [2.24, 2.45) is 5.73 Å². The second-order valence-corrected chi connectivity index (χ2v) is 7.88. The second kappa shape index (κ2) is 9.12. The maximum atomic E-state index is 13.8. The van der Waals surface area contributed by atoms with E-state index in [1.54, 1.807) is 0 Å². The standard InChI is InChI=1S/C22H19F6N5O2/c23-21(24,25)13-5-3-12(4-6-13)11-34-14-7-8-15(16(10-14)22(26,27)28)18-31-19(35-32-18)17-2-1-9-33(17)20(29)30/h3-8,10,17H,1-2,9,11H2,(H3,29,30)/t17-/m0/s1. The van der Waals surface area contributed by atoms with Gasteiger partial charge in [-0.05, 0) is 48.7 Å². The van der Waals surface area contributed by atoms with Crippen LogP contribution in [0.3, 0.4) is 0 Å². The van der Waals surface area contributed by atoms with Crippen molar-refractivity contribution in [1.29, 1.82) is 5.41 Å². The Hall–Kier alpha value is -3.77. The van der Waals surface area contributed by atoms with Gasteiger partial charge in [0.25, 0.3) is 0 Å². The van der Waals surface area contributed by atoms with Gasteiger partial charge < -0.3 is 19.9 Å². The van der Waals surface area contributed by atoms with E-state index in [0.29, 0.717) is 24.9 Å². The van der Waals surface area contributed by atoms with Crippen molar-refractivity contribution in [1.82, 2.24) is 15.0 Å². The molecule has 7 nitrogen and oxygen atoms in total. The Balaban J connectivity index is 1.55. The minimum atomic E-state index is -4.78. The SMILES string of the molecule is N=C(N)N1CCC[C@H]1c1nc(-c2ccc(OCc3ccc(C(F)(F)F)cc3)cc2C(F)(F)F)no1. The van der Waals surface area contributed by atoms with E-state index in [1.165, 1.54) is 23.1 Å². The fourth-order valence-corrected chi connectivity index (χ4v) is 3.79. The van der Waals surface area contributed by atoms with E-state index in [0.717, 1.165) is 24.3 Å². The number of guanidine groups is 1. The summed E-state index contributed by atoms with van der Waals surface area (Å²) < 4.78 is 90.0. The summed E-state index contributed by atoms with van der Waals surface area (Å²) in [5.41, 5.74) is 3.66. The van der Waals surface area contributed by atoms with Gasteiger partial charge in [0.1, 0.15) is 18.4 Å². The number of halogens is 6. The number of alkyl halides is 6. The largest absolute Gasteiger partial charge is 0.489 e. The van der Waals surface area contributed by atoms with Gasteiger partial charge in [0, 0.05) is 12.1 Å². The smallest absolute Gasteiger partial charge is 0.417 e. The van der Waals surface area contributed by atoms with Gasteiger partial charge in [0.2, 0.25) is 11.7 Å². The highest BCUT2D eigenvalue weighted by Gasteiger charge is 2.37. The lowest BCUT2D eigenvalue weighted by Crippen LogP contribution is -2.35. The lowest BCUT2D eigenvalue weighted by molar-refractivity contribution is -0.138. The molecule has 0 amide bonds. The third-order valence-electron chi connectivity index (χ3n) is 5.51. The van der Waals surface area contributed by atoms with Crippen LogP contribution in [0.15, 0.2) is 47.0 Å². The number of likely N-dealkylation sites (tertiary alicyclic amines) is 1. The third kappa shape index (κ3) is 5.33. The summed E-state index contributed by atoms with van der Waals surface area (Å²) in [5, 5.41) is 11.3. The van der Waals surface area contributed by atoms with Crippen LogP contribution in [0.2, 0.25) is 0 Å². The van der Waals surface area contributed by atoms with Crippen LogP contribution in [-0.2, 0) is 19.0 Å². The fourth-order valence-electron chi connectivity index (χ4n) is 3.79. The number of hydrogen-bond donors (Lipinski definition) is 2. The van der Waals surface area contributed by atoms with Crippen LogP contribution in [0.1, 0.15) is 41.5 Å². The van der Waals surface area contributed by atoms with Crippen molar-refractivity contribution in [3.63, 3.8) is 0 Å². The molecule has 2 heterocycles. The molecule has 2 aromatic carbocycles. The van der Waals surface area contributed by atoms with Gasteiger partial charge in [-0.1, -0.05) is 17.3 Å². The predicted molar refractivity (Wildman–Crippen MR) is 111 cm³/mol. The number of benzene rings is 2. The lowest BCUT2D eigenvalue weighted by atomic mass is 10.1. The Morgan fingerprint density at radius 2 is 1.80 bits per heavy atom. The second-order valence-electron chi connectivity index (χ2n) is 7.88. The zero-order valence-corrected chi connectivity index (χ0v) is 18.0. The number of nitrogens with zero attached hydrogens (tertiary/aromatic N) is 3. The molecule has 0 saturated carbocycles. The van der Waals surface area contributed by atoms with E-state index in [-0.39, 0.29) is 35.6 Å². The molecule has 186 valence electrons. The van der Waals surface area contributed by atoms with Crippen molar-refractivity contribution >= 4 is 5.96 Å². The number of hydrogen-bond acceptors (Lipinski definition) is 5. The van der Waals surface area contributed by atoms with Crippen LogP contribution in [0.5, 0.6) is 5.75 Å². The number of nitrogens with one attached hydrogen (secondary N) is 1. The molecule has 3 N–H and O–H groups in total. The summed E-state index contributed by atoms with van der Waals surface area (Å²) in [6, 6.07) is 6.82. The Bertz CT molecular complexity index is 1210. The quantitative estimate of drug-likeness (QED) is 0.278. The van der Waals surface area contributed by atoms with E-state index in [4.69, 9.17) is 20.4 Å². The van der Waals surface area contributed by atoms with Crippen molar-refractivity contribution in [2.75, 3.05) is 6.54 Å². The molecular formula is C22H19F6N5O2. The molecule has 1 aliphatic rings. The average molecular weight is 499 g/mol. The van der Waals surface area contributed by atoms with E-state index in [1.807, 2.05) is 0 Å². The predicted octanol–water partition coefficient (Wildman–Crippen LogP) is 5.38. The molecule has 0 bridgehead atoms. The molecule has 0 radical (unpaired) electrons. The molecule has 0 aliphatic carbocycles. The highest BCUT2D eigenvalue weighted by Crippen LogP contribution is 2.39. The van der Waals surface area contributed by atoms with Gasteiger partial charge in [-0.25, -0.2) is 0 Å². The van der Waals surface area contributed by atoms with Crippen molar-refractivity contribution in [3.8, 4) is 17.1 Å². The Kier molecular flexibility index (Phi) is 6.34. The molecule has 0 unspecified atom stereocenters. The van der Waals surface area contributed by atoms with Crippen LogP contribution in [0.25, 0.3) is 11.4 Å². The van der Waals surface area contributed by atoms with Crippen LogP contribution in [0.4, 0.5) is 26.3 Å². The molecular weight excluding hydrogens is 480 g/mol. The zero-order valence-electron chi connectivity index (χ0n) is 18.0. The fraction of sp³-hybridized carbons (Fsp3) is 0.318. The zero-order chi connectivity index (χ0) is 25.4. The Morgan fingerprint density at radius 3 is 2.43 bits per heavy atom. The van der Waals surface area contributed by atoms with E-state index in [2.05, 4.69) is 10.1 Å². The number of rotatable bonds is 5. The van der Waals surface area contributed by atoms with Gasteiger partial charge in [0.15, 0.2) is 5.96 Å². The van der Waals surface area contributed by atoms with Crippen LogP contribution in [0, 0.1) is 5.41 Å². The van der Waals surface area contributed by atoms with Crippen molar-refractivity contribution in [2.45, 2.75) is 37.8 Å². The van der Waals surface area contributed by atoms with Crippen LogP contribution in [-0.4, -0.2) is 27.5 Å². The molecule has 3 aromatic rings. The molecule has 1 saturated heterocycles. The van der Waals surface area contributed by atoms with E-state index < -0.39 is 29.5 Å². The van der Waals surface area contributed by atoms with Gasteiger partial charge in [-0.15, -0.1) is 0 Å². The summed E-state index contributed by atoms with van der Waals surface area (Å²) in [6.45, 7) is 0.264. The minimum Gasteiger partial charge on any atom is -0.489 e. The Labute approximate surface area is 195 Å². The minimum absolute atomic E-state index is 0.0588. The first kappa shape index (κ1) is 24.4. The molecule has 1 aliphatic heterocycles. The average Bonchev–Trinajstić information content (AvgIpc) is 3.46. The van der Waals surface area contributed by atoms with E-state index >= 15 is 0 Å². The van der Waals surface area contributed by atoms with E-state index in [9.17, 15) is 26.3 Å². The summed E-state index contributed by atoms with van der Waals surface area (Å²) in [7, 11) is 0. The highest BCUT2D eigenvalue weighted by atomic mass is 19.4. The van der Waals surface area contributed by atoms with Crippen molar-refractivity contribution < 1.29 is 35.6 Å². The van der Waals surface area contributed by atoms with Crippen LogP contribution < -0.4 is 10.5 Å². The number of ether oxygens (including phenoxy) is 1. The number of nitrogens with two attached hydrogens (primary N) is 1. The molecule has 1 atom stereocenters. The summed E-state index contributed by atoms with van der Waals surface area (Å²) in [5.74, 6) is -0.554.